The van der Waals surface area contributed by atoms with Crippen molar-refractivity contribution in [1.82, 2.24) is 4.31 Å². The Morgan fingerprint density at radius 1 is 1.29 bits per heavy atom. The van der Waals surface area contributed by atoms with Crippen molar-refractivity contribution >= 4 is 16.0 Å². The maximum absolute atomic E-state index is 12.1. The normalized spacial score (nSPS) is 13.0. The first-order chi connectivity index (χ1) is 7.58. The standard InChI is InChI=1S/C7H12F3NO5S/c8-7(9,10)5-11(2-3-12)17(15,16)4-1-6(13)14/h12H,1-5H2,(H,13,14). The molecule has 2 N–H and O–H groups in total. The molecule has 0 bridgehead atoms. The number of rotatable bonds is 7. The first kappa shape index (κ1) is 16.1. The van der Waals surface area contributed by atoms with Gasteiger partial charge in [-0.3, -0.25) is 4.79 Å². The van der Waals surface area contributed by atoms with Crippen molar-refractivity contribution in [1.29, 1.82) is 0 Å². The van der Waals surface area contributed by atoms with Crippen LogP contribution in [0.15, 0.2) is 0 Å². The molecule has 0 saturated carbocycles. The Labute approximate surface area is 95.7 Å². The molecule has 0 heterocycles. The van der Waals surface area contributed by atoms with Crippen LogP contribution in [0.3, 0.4) is 0 Å². The van der Waals surface area contributed by atoms with Crippen molar-refractivity contribution in [2.45, 2.75) is 12.6 Å². The van der Waals surface area contributed by atoms with Crippen LogP contribution in [0.25, 0.3) is 0 Å². The summed E-state index contributed by atoms with van der Waals surface area (Å²) < 4.78 is 58.9. The molecule has 0 amide bonds. The number of alkyl halides is 3. The second-order valence-electron chi connectivity index (χ2n) is 3.13. The van der Waals surface area contributed by atoms with Crippen LogP contribution in [-0.4, -0.2) is 60.5 Å². The molecule has 102 valence electrons. The first-order valence-electron chi connectivity index (χ1n) is 4.46. The summed E-state index contributed by atoms with van der Waals surface area (Å²) in [5.74, 6) is -2.36. The fourth-order valence-corrected chi connectivity index (χ4v) is 2.37. The summed E-state index contributed by atoms with van der Waals surface area (Å²) in [6.45, 7) is -3.24. The fourth-order valence-electron chi connectivity index (χ4n) is 0.973. The van der Waals surface area contributed by atoms with Crippen molar-refractivity contribution in [3.63, 3.8) is 0 Å². The van der Waals surface area contributed by atoms with Gasteiger partial charge in [-0.2, -0.15) is 17.5 Å². The third-order valence-corrected chi connectivity index (χ3v) is 3.49. The monoisotopic (exact) mass is 279 g/mol. The fraction of sp³-hybridized carbons (Fsp3) is 0.857. The van der Waals surface area contributed by atoms with Crippen molar-refractivity contribution in [3.8, 4) is 0 Å². The first-order valence-corrected chi connectivity index (χ1v) is 6.06. The van der Waals surface area contributed by atoms with Gasteiger partial charge in [-0.05, 0) is 0 Å². The van der Waals surface area contributed by atoms with Crippen LogP contribution < -0.4 is 0 Å². The maximum atomic E-state index is 12.1. The second-order valence-corrected chi connectivity index (χ2v) is 5.22. The number of aliphatic hydroxyl groups is 1. The van der Waals surface area contributed by atoms with Crippen LogP contribution in [0.2, 0.25) is 0 Å². The van der Waals surface area contributed by atoms with E-state index in [0.717, 1.165) is 0 Å². The summed E-state index contributed by atoms with van der Waals surface area (Å²) in [7, 11) is -4.34. The topological polar surface area (TPSA) is 94.9 Å². The van der Waals surface area contributed by atoms with E-state index in [1.807, 2.05) is 0 Å². The lowest BCUT2D eigenvalue weighted by Crippen LogP contribution is -2.42. The number of halogens is 3. The number of carbonyl (C=O) groups is 1. The minimum absolute atomic E-state index is 0.0238. The Hall–Kier alpha value is -0.870. The minimum atomic E-state index is -4.74. The molecule has 0 aromatic carbocycles. The molecule has 0 atom stereocenters. The Balaban J connectivity index is 4.73. The van der Waals surface area contributed by atoms with Gasteiger partial charge in [0.15, 0.2) is 0 Å². The Bertz CT molecular complexity index is 353. The van der Waals surface area contributed by atoms with E-state index in [9.17, 15) is 26.4 Å². The highest BCUT2D eigenvalue weighted by Gasteiger charge is 2.35. The molecule has 0 aliphatic heterocycles. The molecular formula is C7H12F3NO5S. The summed E-state index contributed by atoms with van der Waals surface area (Å²) in [5.41, 5.74) is 0. The predicted molar refractivity (Wildman–Crippen MR) is 50.8 cm³/mol. The summed E-state index contributed by atoms with van der Waals surface area (Å²) >= 11 is 0. The number of hydrogen-bond donors (Lipinski definition) is 2. The van der Waals surface area contributed by atoms with Gasteiger partial charge in [0.1, 0.15) is 6.54 Å². The van der Waals surface area contributed by atoms with E-state index in [2.05, 4.69) is 0 Å². The largest absolute Gasteiger partial charge is 0.481 e. The highest BCUT2D eigenvalue weighted by molar-refractivity contribution is 7.89. The lowest BCUT2D eigenvalue weighted by molar-refractivity contribution is -0.136. The molecule has 0 aliphatic rings. The Kier molecular flexibility index (Phi) is 5.85. The van der Waals surface area contributed by atoms with Gasteiger partial charge >= 0.3 is 12.1 Å². The van der Waals surface area contributed by atoms with Crippen LogP contribution in [0.4, 0.5) is 13.2 Å². The second kappa shape index (κ2) is 6.17. The summed E-state index contributed by atoms with van der Waals surface area (Å²) in [6, 6.07) is 0. The van der Waals surface area contributed by atoms with Crippen LogP contribution in [0, 0.1) is 0 Å². The third kappa shape index (κ3) is 7.13. The van der Waals surface area contributed by atoms with Gasteiger partial charge in [0, 0.05) is 6.54 Å². The summed E-state index contributed by atoms with van der Waals surface area (Å²) in [5, 5.41) is 16.8. The Morgan fingerprint density at radius 3 is 2.18 bits per heavy atom. The van der Waals surface area contributed by atoms with Gasteiger partial charge < -0.3 is 10.2 Å². The van der Waals surface area contributed by atoms with E-state index in [4.69, 9.17) is 10.2 Å². The molecule has 0 fully saturated rings. The maximum Gasteiger partial charge on any atom is 0.402 e. The molecule has 0 unspecified atom stereocenters. The van der Waals surface area contributed by atoms with Crippen molar-refractivity contribution in [2.24, 2.45) is 0 Å². The van der Waals surface area contributed by atoms with Gasteiger partial charge in [-0.25, -0.2) is 8.42 Å². The van der Waals surface area contributed by atoms with Gasteiger partial charge in [0.2, 0.25) is 10.0 Å². The number of hydrogen-bond acceptors (Lipinski definition) is 4. The molecule has 17 heavy (non-hydrogen) atoms. The number of carboxylic acids is 1. The zero-order valence-corrected chi connectivity index (χ0v) is 9.46. The molecule has 0 radical (unpaired) electrons. The highest BCUT2D eigenvalue weighted by Crippen LogP contribution is 2.18. The summed E-state index contributed by atoms with van der Waals surface area (Å²) in [6.07, 6.45) is -5.53. The van der Waals surface area contributed by atoms with Gasteiger partial charge in [0.05, 0.1) is 18.8 Å². The molecule has 0 aromatic heterocycles. The number of aliphatic hydroxyl groups excluding tert-OH is 1. The van der Waals surface area contributed by atoms with E-state index in [1.54, 1.807) is 0 Å². The zero-order chi connectivity index (χ0) is 13.7. The molecule has 0 spiro atoms. The average molecular weight is 279 g/mol. The lowest BCUT2D eigenvalue weighted by Gasteiger charge is -2.22. The van der Waals surface area contributed by atoms with Crippen molar-refractivity contribution in [3.05, 3.63) is 0 Å². The average Bonchev–Trinajstić information content (AvgIpc) is 2.12. The molecule has 0 rings (SSSR count). The minimum Gasteiger partial charge on any atom is -0.481 e. The van der Waals surface area contributed by atoms with E-state index in [0.29, 0.717) is 0 Å². The quantitative estimate of drug-likeness (QED) is 0.664. The van der Waals surface area contributed by atoms with Crippen molar-refractivity contribution < 1.29 is 36.6 Å². The molecular weight excluding hydrogens is 267 g/mol. The third-order valence-electron chi connectivity index (χ3n) is 1.67. The van der Waals surface area contributed by atoms with E-state index < -0.39 is 54.0 Å². The van der Waals surface area contributed by atoms with E-state index >= 15 is 0 Å². The van der Waals surface area contributed by atoms with E-state index in [-0.39, 0.29) is 4.31 Å². The van der Waals surface area contributed by atoms with Crippen molar-refractivity contribution in [2.75, 3.05) is 25.4 Å². The van der Waals surface area contributed by atoms with Gasteiger partial charge in [-0.1, -0.05) is 0 Å². The Morgan fingerprint density at radius 2 is 1.82 bits per heavy atom. The number of carboxylic acid groups (broad SMARTS) is 1. The van der Waals surface area contributed by atoms with Crippen LogP contribution in [0.5, 0.6) is 0 Å². The van der Waals surface area contributed by atoms with Crippen LogP contribution in [-0.2, 0) is 14.8 Å². The highest BCUT2D eigenvalue weighted by atomic mass is 32.2. The molecule has 0 aliphatic carbocycles. The SMILES string of the molecule is O=C(O)CCS(=O)(=O)N(CCO)CC(F)(F)F. The molecule has 0 aromatic rings. The zero-order valence-electron chi connectivity index (χ0n) is 8.64. The van der Waals surface area contributed by atoms with Gasteiger partial charge in [-0.15, -0.1) is 0 Å². The predicted octanol–water partition coefficient (Wildman–Crippen LogP) is -0.352. The number of aliphatic carboxylic acids is 1. The smallest absolute Gasteiger partial charge is 0.402 e. The molecule has 0 saturated heterocycles. The number of nitrogens with zero attached hydrogens (tertiary/aromatic N) is 1. The van der Waals surface area contributed by atoms with Gasteiger partial charge in [0.25, 0.3) is 0 Å². The molecule has 10 heteroatoms. The molecule has 6 nitrogen and oxygen atoms in total. The summed E-state index contributed by atoms with van der Waals surface area (Å²) in [4.78, 5) is 10.2. The number of sulfonamides is 1. The van der Waals surface area contributed by atoms with Crippen LogP contribution in [0.1, 0.15) is 6.42 Å². The lowest BCUT2D eigenvalue weighted by atomic mass is 10.5. The van der Waals surface area contributed by atoms with E-state index in [1.165, 1.54) is 0 Å². The van der Waals surface area contributed by atoms with Crippen LogP contribution >= 0.6 is 0 Å².